The quantitative estimate of drug-likeness (QED) is 0.859. The summed E-state index contributed by atoms with van der Waals surface area (Å²) in [4.78, 5) is 24.0. The van der Waals surface area contributed by atoms with E-state index in [0.29, 0.717) is 15.7 Å². The lowest BCUT2D eigenvalue weighted by molar-refractivity contribution is -0.123. The van der Waals surface area contributed by atoms with Crippen molar-refractivity contribution in [2.24, 2.45) is 0 Å². The van der Waals surface area contributed by atoms with Crippen LogP contribution in [-0.2, 0) is 9.53 Å². The fourth-order valence-electron chi connectivity index (χ4n) is 1.67. The van der Waals surface area contributed by atoms with Gasteiger partial charge in [-0.3, -0.25) is 4.79 Å². The first kappa shape index (κ1) is 15.3. The van der Waals surface area contributed by atoms with Crippen LogP contribution >= 0.6 is 15.9 Å². The molecule has 2 aromatic rings. The van der Waals surface area contributed by atoms with E-state index >= 15 is 0 Å². The van der Waals surface area contributed by atoms with Crippen molar-refractivity contribution in [1.29, 1.82) is 0 Å². The van der Waals surface area contributed by atoms with Gasteiger partial charge in [0, 0.05) is 10.2 Å². The zero-order valence-corrected chi connectivity index (χ0v) is 13.0. The molecule has 1 N–H and O–H groups in total. The van der Waals surface area contributed by atoms with E-state index in [-0.39, 0.29) is 5.91 Å². The third kappa shape index (κ3) is 4.16. The van der Waals surface area contributed by atoms with Gasteiger partial charge in [-0.25, -0.2) is 4.79 Å². The molecule has 0 spiro atoms. The average molecular weight is 348 g/mol. The van der Waals surface area contributed by atoms with Crippen LogP contribution < -0.4 is 5.32 Å². The highest BCUT2D eigenvalue weighted by Crippen LogP contribution is 2.17. The number of halogens is 1. The molecule has 0 heterocycles. The Balaban J connectivity index is 1.98. The lowest BCUT2D eigenvalue weighted by atomic mass is 10.2. The first-order chi connectivity index (χ1) is 10.1. The number of hydrogen-bond acceptors (Lipinski definition) is 3. The average Bonchev–Trinajstić information content (AvgIpc) is 2.48. The molecule has 108 valence electrons. The lowest BCUT2D eigenvalue weighted by Crippen LogP contribution is -2.30. The molecule has 2 rings (SSSR count). The summed E-state index contributed by atoms with van der Waals surface area (Å²) in [5, 5.41) is 2.69. The van der Waals surface area contributed by atoms with E-state index in [9.17, 15) is 9.59 Å². The van der Waals surface area contributed by atoms with Crippen molar-refractivity contribution in [3.63, 3.8) is 0 Å². The van der Waals surface area contributed by atoms with Crippen molar-refractivity contribution in [2.45, 2.75) is 13.0 Å². The first-order valence-corrected chi connectivity index (χ1v) is 7.18. The van der Waals surface area contributed by atoms with E-state index in [2.05, 4.69) is 21.2 Å². The van der Waals surface area contributed by atoms with E-state index in [4.69, 9.17) is 4.74 Å². The molecule has 0 aliphatic heterocycles. The van der Waals surface area contributed by atoms with Gasteiger partial charge in [0.25, 0.3) is 5.91 Å². The molecule has 0 bridgehead atoms. The Kier molecular flexibility index (Phi) is 5.11. The second-order valence-electron chi connectivity index (χ2n) is 4.38. The van der Waals surface area contributed by atoms with Crippen molar-refractivity contribution < 1.29 is 14.3 Å². The standard InChI is InChI=1S/C16H14BrNO3/c1-11(15(19)18-12-7-3-2-4-8-12)21-16(20)13-9-5-6-10-14(13)17/h2-11H,1H3,(H,18,19)/t11-/m0/s1. The molecule has 0 unspecified atom stereocenters. The van der Waals surface area contributed by atoms with E-state index in [0.717, 1.165) is 0 Å². The van der Waals surface area contributed by atoms with Crippen LogP contribution in [0.4, 0.5) is 5.69 Å². The van der Waals surface area contributed by atoms with Crippen molar-refractivity contribution in [2.75, 3.05) is 5.32 Å². The van der Waals surface area contributed by atoms with Gasteiger partial charge in [-0.1, -0.05) is 30.3 Å². The van der Waals surface area contributed by atoms with E-state index in [1.807, 2.05) is 18.2 Å². The molecule has 5 heteroatoms. The monoisotopic (exact) mass is 347 g/mol. The Morgan fingerprint density at radius 2 is 1.67 bits per heavy atom. The number of para-hydroxylation sites is 1. The fraction of sp³-hybridized carbons (Fsp3) is 0.125. The summed E-state index contributed by atoms with van der Waals surface area (Å²) in [6.07, 6.45) is -0.884. The van der Waals surface area contributed by atoms with Crippen LogP contribution in [0.1, 0.15) is 17.3 Å². The van der Waals surface area contributed by atoms with Gasteiger partial charge < -0.3 is 10.1 Å². The van der Waals surface area contributed by atoms with E-state index in [1.54, 1.807) is 36.4 Å². The number of ether oxygens (including phenoxy) is 1. The predicted molar refractivity (Wildman–Crippen MR) is 84.1 cm³/mol. The highest BCUT2D eigenvalue weighted by Gasteiger charge is 2.20. The third-order valence-electron chi connectivity index (χ3n) is 2.79. The van der Waals surface area contributed by atoms with Crippen molar-refractivity contribution in [3.8, 4) is 0 Å². The smallest absolute Gasteiger partial charge is 0.340 e. The van der Waals surface area contributed by atoms with Gasteiger partial charge >= 0.3 is 5.97 Å². The summed E-state index contributed by atoms with van der Waals surface area (Å²) in [5.74, 6) is -0.917. The summed E-state index contributed by atoms with van der Waals surface area (Å²) in [5.41, 5.74) is 1.04. The summed E-state index contributed by atoms with van der Waals surface area (Å²) in [6.45, 7) is 1.53. The van der Waals surface area contributed by atoms with E-state index < -0.39 is 12.1 Å². The maximum Gasteiger partial charge on any atom is 0.340 e. The highest BCUT2D eigenvalue weighted by atomic mass is 79.9. The van der Waals surface area contributed by atoms with Gasteiger partial charge in [0.1, 0.15) is 0 Å². The number of carbonyl (C=O) groups is 2. The number of carbonyl (C=O) groups excluding carboxylic acids is 2. The number of nitrogens with one attached hydrogen (secondary N) is 1. The van der Waals surface area contributed by atoms with E-state index in [1.165, 1.54) is 6.92 Å². The highest BCUT2D eigenvalue weighted by molar-refractivity contribution is 9.10. The Bertz CT molecular complexity index is 643. The number of esters is 1. The molecule has 0 aliphatic rings. The summed E-state index contributed by atoms with van der Waals surface area (Å²) in [6, 6.07) is 15.9. The maximum absolute atomic E-state index is 12.0. The summed E-state index contributed by atoms with van der Waals surface area (Å²) >= 11 is 3.28. The molecular weight excluding hydrogens is 334 g/mol. The van der Waals surface area contributed by atoms with Gasteiger partial charge in [0.05, 0.1) is 5.56 Å². The molecule has 21 heavy (non-hydrogen) atoms. The van der Waals surface area contributed by atoms with Gasteiger partial charge in [0.15, 0.2) is 6.10 Å². The molecule has 0 aliphatic carbocycles. The zero-order valence-electron chi connectivity index (χ0n) is 11.4. The minimum Gasteiger partial charge on any atom is -0.449 e. The number of anilines is 1. The number of hydrogen-bond donors (Lipinski definition) is 1. The minimum atomic E-state index is -0.884. The summed E-state index contributed by atoms with van der Waals surface area (Å²) in [7, 11) is 0. The van der Waals surface area contributed by atoms with Crippen LogP contribution in [0.5, 0.6) is 0 Å². The topological polar surface area (TPSA) is 55.4 Å². The third-order valence-corrected chi connectivity index (χ3v) is 3.48. The number of amides is 1. The second kappa shape index (κ2) is 7.04. The molecule has 0 saturated carbocycles. The molecule has 1 amide bonds. The number of rotatable bonds is 4. The van der Waals surface area contributed by atoms with Gasteiger partial charge in [0.2, 0.25) is 0 Å². The Morgan fingerprint density at radius 1 is 1.05 bits per heavy atom. The van der Waals surface area contributed by atoms with Gasteiger partial charge in [-0.2, -0.15) is 0 Å². The van der Waals surface area contributed by atoms with Crippen LogP contribution in [0, 0.1) is 0 Å². The molecule has 0 saturated heterocycles. The minimum absolute atomic E-state index is 0.374. The molecule has 1 atom stereocenters. The van der Waals surface area contributed by atoms with Gasteiger partial charge in [-0.05, 0) is 47.1 Å². The molecular formula is C16H14BrNO3. The fourth-order valence-corrected chi connectivity index (χ4v) is 2.12. The Morgan fingerprint density at radius 3 is 2.33 bits per heavy atom. The largest absolute Gasteiger partial charge is 0.449 e. The van der Waals surface area contributed by atoms with Crippen LogP contribution in [0.25, 0.3) is 0 Å². The van der Waals surface area contributed by atoms with Crippen molar-refractivity contribution >= 4 is 33.5 Å². The van der Waals surface area contributed by atoms with Crippen molar-refractivity contribution in [1.82, 2.24) is 0 Å². The lowest BCUT2D eigenvalue weighted by Gasteiger charge is -2.14. The molecule has 0 radical (unpaired) electrons. The zero-order chi connectivity index (χ0) is 15.2. The molecule has 4 nitrogen and oxygen atoms in total. The summed E-state index contributed by atoms with van der Waals surface area (Å²) < 4.78 is 5.80. The molecule has 2 aromatic carbocycles. The first-order valence-electron chi connectivity index (χ1n) is 6.39. The maximum atomic E-state index is 12.0. The second-order valence-corrected chi connectivity index (χ2v) is 5.24. The normalized spacial score (nSPS) is 11.5. The number of benzene rings is 2. The molecule has 0 aromatic heterocycles. The van der Waals surface area contributed by atoms with Crippen LogP contribution in [-0.4, -0.2) is 18.0 Å². The molecule has 0 fully saturated rings. The predicted octanol–water partition coefficient (Wildman–Crippen LogP) is 3.63. The van der Waals surface area contributed by atoms with Crippen LogP contribution in [0.2, 0.25) is 0 Å². The van der Waals surface area contributed by atoms with Gasteiger partial charge in [-0.15, -0.1) is 0 Å². The SMILES string of the molecule is C[C@H](OC(=O)c1ccccc1Br)C(=O)Nc1ccccc1. The van der Waals surface area contributed by atoms with Crippen molar-refractivity contribution in [3.05, 3.63) is 64.6 Å². The van der Waals surface area contributed by atoms with Crippen LogP contribution in [0.3, 0.4) is 0 Å². The Hall–Kier alpha value is -2.14. The Labute approximate surface area is 131 Å². The van der Waals surface area contributed by atoms with Crippen LogP contribution in [0.15, 0.2) is 59.1 Å².